The van der Waals surface area contributed by atoms with Gasteiger partial charge in [-0.2, -0.15) is 0 Å². The van der Waals surface area contributed by atoms with E-state index in [0.717, 1.165) is 0 Å². The molecule has 0 aliphatic heterocycles. The summed E-state index contributed by atoms with van der Waals surface area (Å²) in [5, 5.41) is 0.406. The Morgan fingerprint density at radius 3 is 2.48 bits per heavy atom. The number of nitrogens with one attached hydrogen (secondary N) is 1. The molecule has 0 radical (unpaired) electrons. The lowest BCUT2D eigenvalue weighted by Crippen LogP contribution is -2.09. The van der Waals surface area contributed by atoms with E-state index in [-0.39, 0.29) is 17.7 Å². The predicted octanol–water partition coefficient (Wildman–Crippen LogP) is 2.12. The molecule has 1 heterocycles. The van der Waals surface area contributed by atoms with Gasteiger partial charge in [0.1, 0.15) is 5.75 Å². The first-order valence-corrected chi connectivity index (χ1v) is 6.41. The molecule has 0 saturated carbocycles. The zero-order valence-electron chi connectivity index (χ0n) is 12.0. The van der Waals surface area contributed by atoms with Crippen LogP contribution in [-0.2, 0) is 9.53 Å². The average Bonchev–Trinajstić information content (AvgIpc) is 2.90. The number of ketones is 2. The Hall–Kier alpha value is -2.63. The van der Waals surface area contributed by atoms with E-state index in [2.05, 4.69) is 4.98 Å². The van der Waals surface area contributed by atoms with Gasteiger partial charge in [-0.1, -0.05) is 0 Å². The van der Waals surface area contributed by atoms with Gasteiger partial charge in [0, 0.05) is 13.1 Å². The first kappa shape index (κ1) is 14.8. The number of carbonyl (C=O) groups excluding carboxylic acids is 3. The van der Waals surface area contributed by atoms with Crippen LogP contribution in [0.15, 0.2) is 18.3 Å². The van der Waals surface area contributed by atoms with Gasteiger partial charge in [0.05, 0.1) is 35.7 Å². The molecular formula is C15H15NO5. The topological polar surface area (TPSA) is 85.5 Å². The van der Waals surface area contributed by atoms with Crippen LogP contribution in [0.4, 0.5) is 0 Å². The summed E-state index contributed by atoms with van der Waals surface area (Å²) in [5.41, 5.74) is 0.883. The molecular weight excluding hydrogens is 274 g/mol. The van der Waals surface area contributed by atoms with E-state index >= 15 is 0 Å². The summed E-state index contributed by atoms with van der Waals surface area (Å²) in [6.07, 6.45) is 1.40. The number of hydrogen-bond acceptors (Lipinski definition) is 5. The zero-order valence-corrected chi connectivity index (χ0v) is 12.0. The maximum absolute atomic E-state index is 12.0. The minimum absolute atomic E-state index is 0.181. The number of ether oxygens (including phenoxy) is 2. The van der Waals surface area contributed by atoms with Crippen molar-refractivity contribution in [3.8, 4) is 5.75 Å². The monoisotopic (exact) mass is 289 g/mol. The number of esters is 1. The number of rotatable bonds is 5. The third kappa shape index (κ3) is 2.52. The minimum atomic E-state index is -0.638. The second-order valence-corrected chi connectivity index (χ2v) is 4.37. The second-order valence-electron chi connectivity index (χ2n) is 4.37. The molecule has 2 aromatic rings. The van der Waals surface area contributed by atoms with Gasteiger partial charge in [-0.3, -0.25) is 9.59 Å². The Morgan fingerprint density at radius 1 is 1.19 bits per heavy atom. The maximum Gasteiger partial charge on any atom is 0.340 e. The first-order valence-electron chi connectivity index (χ1n) is 6.41. The van der Waals surface area contributed by atoms with E-state index in [4.69, 9.17) is 9.47 Å². The lowest BCUT2D eigenvalue weighted by atomic mass is 10.0. The molecule has 1 N–H and O–H groups in total. The van der Waals surface area contributed by atoms with Crippen LogP contribution in [0.5, 0.6) is 5.75 Å². The lowest BCUT2D eigenvalue weighted by molar-refractivity contribution is -0.113. The zero-order chi connectivity index (χ0) is 15.6. The third-order valence-electron chi connectivity index (χ3n) is 3.08. The van der Waals surface area contributed by atoms with Crippen LogP contribution in [0, 0.1) is 0 Å². The lowest BCUT2D eigenvalue weighted by Gasteiger charge is -2.07. The Morgan fingerprint density at radius 2 is 1.90 bits per heavy atom. The summed E-state index contributed by atoms with van der Waals surface area (Å²) < 4.78 is 10.2. The van der Waals surface area contributed by atoms with Crippen molar-refractivity contribution in [3.63, 3.8) is 0 Å². The SMILES string of the molecule is CCOC(=O)c1ccc(OC)c2c(C(=O)C(C)=O)c[nH]c12. The quantitative estimate of drug-likeness (QED) is 0.517. The van der Waals surface area contributed by atoms with Crippen LogP contribution in [0.25, 0.3) is 10.9 Å². The van der Waals surface area contributed by atoms with Gasteiger partial charge in [0.15, 0.2) is 5.78 Å². The van der Waals surface area contributed by atoms with E-state index in [1.54, 1.807) is 19.1 Å². The number of benzene rings is 1. The van der Waals surface area contributed by atoms with Gasteiger partial charge in [0.2, 0.25) is 5.78 Å². The molecule has 21 heavy (non-hydrogen) atoms. The maximum atomic E-state index is 12.0. The van der Waals surface area contributed by atoms with Crippen molar-refractivity contribution in [2.45, 2.75) is 13.8 Å². The van der Waals surface area contributed by atoms with Crippen molar-refractivity contribution in [3.05, 3.63) is 29.5 Å². The van der Waals surface area contributed by atoms with Crippen molar-refractivity contribution in [1.82, 2.24) is 4.98 Å². The molecule has 0 amide bonds. The minimum Gasteiger partial charge on any atom is -0.496 e. The Bertz CT molecular complexity index is 729. The van der Waals surface area contributed by atoms with Gasteiger partial charge < -0.3 is 14.5 Å². The van der Waals surface area contributed by atoms with Gasteiger partial charge in [0.25, 0.3) is 0 Å². The fourth-order valence-corrected chi connectivity index (χ4v) is 2.14. The summed E-state index contributed by atoms with van der Waals surface area (Å²) >= 11 is 0. The molecule has 6 heteroatoms. The predicted molar refractivity (Wildman–Crippen MR) is 75.8 cm³/mol. The van der Waals surface area contributed by atoms with Gasteiger partial charge in [-0.05, 0) is 19.1 Å². The molecule has 110 valence electrons. The Balaban J connectivity index is 2.71. The molecule has 1 aromatic heterocycles. The highest BCUT2D eigenvalue weighted by Crippen LogP contribution is 2.32. The van der Waals surface area contributed by atoms with Crippen molar-refractivity contribution < 1.29 is 23.9 Å². The van der Waals surface area contributed by atoms with Crippen molar-refractivity contribution >= 4 is 28.4 Å². The Labute approximate surface area is 121 Å². The average molecular weight is 289 g/mol. The van der Waals surface area contributed by atoms with E-state index in [0.29, 0.717) is 16.7 Å². The number of fused-ring (bicyclic) bond motifs is 1. The van der Waals surface area contributed by atoms with Crippen molar-refractivity contribution in [2.75, 3.05) is 13.7 Å². The molecule has 0 spiro atoms. The standard InChI is InChI=1S/C15H15NO5/c1-4-21-15(19)9-5-6-11(20-3)12-10(7-16-13(9)12)14(18)8(2)17/h5-7,16H,4H2,1-3H3. The van der Waals surface area contributed by atoms with Crippen LogP contribution >= 0.6 is 0 Å². The Kier molecular flexibility index (Phi) is 4.07. The van der Waals surface area contributed by atoms with Gasteiger partial charge >= 0.3 is 5.97 Å². The molecule has 1 aromatic carbocycles. The van der Waals surface area contributed by atoms with Gasteiger partial charge in [-0.25, -0.2) is 4.79 Å². The molecule has 0 bridgehead atoms. The number of methoxy groups -OCH3 is 1. The van der Waals surface area contributed by atoms with Crippen molar-refractivity contribution in [2.24, 2.45) is 0 Å². The summed E-state index contributed by atoms with van der Waals surface area (Å²) in [4.78, 5) is 38.1. The third-order valence-corrected chi connectivity index (χ3v) is 3.08. The molecule has 6 nitrogen and oxygen atoms in total. The molecule has 0 aliphatic rings. The molecule has 0 fully saturated rings. The number of aromatic amines is 1. The van der Waals surface area contributed by atoms with Gasteiger partial charge in [-0.15, -0.1) is 0 Å². The largest absolute Gasteiger partial charge is 0.496 e. The summed E-state index contributed by atoms with van der Waals surface area (Å²) in [5.74, 6) is -1.32. The smallest absolute Gasteiger partial charge is 0.340 e. The van der Waals surface area contributed by atoms with Crippen LogP contribution < -0.4 is 4.74 Å². The number of hydrogen-bond donors (Lipinski definition) is 1. The normalized spacial score (nSPS) is 10.4. The van der Waals surface area contributed by atoms with E-state index in [1.807, 2.05) is 0 Å². The second kappa shape index (κ2) is 5.78. The van der Waals surface area contributed by atoms with Crippen molar-refractivity contribution in [1.29, 1.82) is 0 Å². The number of Topliss-reactive ketones (excluding diaryl/α,β-unsaturated/α-hetero) is 2. The van der Waals surface area contributed by atoms with Crippen LogP contribution in [0.3, 0.4) is 0 Å². The van der Waals surface area contributed by atoms with Crippen LogP contribution in [0.1, 0.15) is 34.6 Å². The number of carbonyl (C=O) groups is 3. The summed E-state index contributed by atoms with van der Waals surface area (Å²) in [6, 6.07) is 3.12. The molecule has 0 atom stereocenters. The van der Waals surface area contributed by atoms with E-state index < -0.39 is 17.5 Å². The van der Waals surface area contributed by atoms with Crippen LogP contribution in [-0.4, -0.2) is 36.2 Å². The first-order chi connectivity index (χ1) is 10.0. The highest BCUT2D eigenvalue weighted by atomic mass is 16.5. The molecule has 0 unspecified atom stereocenters. The molecule has 2 rings (SSSR count). The number of aromatic nitrogens is 1. The van der Waals surface area contributed by atoms with E-state index in [9.17, 15) is 14.4 Å². The number of H-pyrrole nitrogens is 1. The molecule has 0 aliphatic carbocycles. The fraction of sp³-hybridized carbons (Fsp3) is 0.267. The van der Waals surface area contributed by atoms with E-state index in [1.165, 1.54) is 20.2 Å². The summed E-state index contributed by atoms with van der Waals surface area (Å²) in [6.45, 7) is 3.15. The summed E-state index contributed by atoms with van der Waals surface area (Å²) in [7, 11) is 1.45. The van der Waals surface area contributed by atoms with Crippen LogP contribution in [0.2, 0.25) is 0 Å². The highest BCUT2D eigenvalue weighted by Gasteiger charge is 2.23. The highest BCUT2D eigenvalue weighted by molar-refractivity contribution is 6.45. The molecule has 0 saturated heterocycles. The fourth-order valence-electron chi connectivity index (χ4n) is 2.14.